The van der Waals surface area contributed by atoms with E-state index in [0.29, 0.717) is 24.0 Å². The molecule has 0 saturated carbocycles. The van der Waals surface area contributed by atoms with E-state index in [9.17, 15) is 4.39 Å². The lowest BCUT2D eigenvalue weighted by Crippen LogP contribution is -2.32. The molecule has 0 atom stereocenters. The summed E-state index contributed by atoms with van der Waals surface area (Å²) in [5.41, 5.74) is 1.51. The van der Waals surface area contributed by atoms with E-state index in [1.54, 1.807) is 18.2 Å². The highest BCUT2D eigenvalue weighted by Gasteiger charge is 2.15. The summed E-state index contributed by atoms with van der Waals surface area (Å²) >= 11 is 0. The number of nitrogens with one attached hydrogen (secondary N) is 1. The Balaban J connectivity index is 1.84. The molecule has 25 heavy (non-hydrogen) atoms. The standard InChI is InChI=1S/C19H20FN5/c1-14(2)25(13-15-8-4-3-5-9-15)19-23-18(12-21-24-19)22-17-11-7-6-10-16(17)20/h3-12,14H,13H2,1-2H3,(H,22,23,24). The predicted octanol–water partition coefficient (Wildman–Crippen LogP) is 4.17. The number of benzene rings is 2. The normalized spacial score (nSPS) is 10.7. The maximum atomic E-state index is 13.8. The number of aromatic nitrogens is 3. The highest BCUT2D eigenvalue weighted by atomic mass is 19.1. The Hall–Kier alpha value is -3.02. The van der Waals surface area contributed by atoms with Crippen molar-refractivity contribution in [1.82, 2.24) is 15.2 Å². The zero-order valence-electron chi connectivity index (χ0n) is 14.2. The lowest BCUT2D eigenvalue weighted by atomic mass is 10.2. The van der Waals surface area contributed by atoms with Gasteiger partial charge in [0.15, 0.2) is 5.82 Å². The SMILES string of the molecule is CC(C)N(Cc1ccccc1)c1nncc(Nc2ccccc2F)n1. The Morgan fingerprint density at radius 2 is 1.76 bits per heavy atom. The van der Waals surface area contributed by atoms with Crippen molar-refractivity contribution in [2.24, 2.45) is 0 Å². The Kier molecular flexibility index (Phi) is 5.18. The van der Waals surface area contributed by atoms with Crippen LogP contribution in [0.2, 0.25) is 0 Å². The molecule has 0 amide bonds. The Labute approximate surface area is 146 Å². The molecule has 3 aromatic rings. The second kappa shape index (κ2) is 7.70. The Morgan fingerprint density at radius 1 is 1.04 bits per heavy atom. The maximum absolute atomic E-state index is 13.8. The van der Waals surface area contributed by atoms with Gasteiger partial charge in [0, 0.05) is 12.6 Å². The van der Waals surface area contributed by atoms with Crippen molar-refractivity contribution >= 4 is 17.5 Å². The van der Waals surface area contributed by atoms with Crippen LogP contribution in [0.4, 0.5) is 21.8 Å². The number of hydrogen-bond acceptors (Lipinski definition) is 5. The van der Waals surface area contributed by atoms with Crippen molar-refractivity contribution in [3.8, 4) is 0 Å². The number of halogens is 1. The monoisotopic (exact) mass is 337 g/mol. The summed E-state index contributed by atoms with van der Waals surface area (Å²) in [5.74, 6) is 0.613. The van der Waals surface area contributed by atoms with Gasteiger partial charge < -0.3 is 10.2 Å². The molecule has 6 heteroatoms. The smallest absolute Gasteiger partial charge is 0.247 e. The van der Waals surface area contributed by atoms with Gasteiger partial charge in [-0.3, -0.25) is 0 Å². The summed E-state index contributed by atoms with van der Waals surface area (Å²) in [5, 5.41) is 11.1. The van der Waals surface area contributed by atoms with Crippen molar-refractivity contribution in [1.29, 1.82) is 0 Å². The molecule has 0 aliphatic heterocycles. The summed E-state index contributed by atoms with van der Waals surface area (Å²) < 4.78 is 13.8. The lowest BCUT2D eigenvalue weighted by molar-refractivity contribution is 0.631. The fraction of sp³-hybridized carbons (Fsp3) is 0.211. The molecule has 0 unspecified atom stereocenters. The predicted molar refractivity (Wildman–Crippen MR) is 97.3 cm³/mol. The van der Waals surface area contributed by atoms with Crippen LogP contribution in [0.5, 0.6) is 0 Å². The summed E-state index contributed by atoms with van der Waals surface area (Å²) in [7, 11) is 0. The van der Waals surface area contributed by atoms with E-state index in [1.165, 1.54) is 12.3 Å². The Bertz CT molecular complexity index is 823. The number of hydrogen-bond donors (Lipinski definition) is 1. The van der Waals surface area contributed by atoms with E-state index in [4.69, 9.17) is 0 Å². The summed E-state index contributed by atoms with van der Waals surface area (Å²) in [4.78, 5) is 6.55. The summed E-state index contributed by atoms with van der Waals surface area (Å²) in [6.45, 7) is 4.82. The Morgan fingerprint density at radius 3 is 2.48 bits per heavy atom. The molecular formula is C19H20FN5. The number of nitrogens with zero attached hydrogens (tertiary/aromatic N) is 4. The van der Waals surface area contributed by atoms with Gasteiger partial charge in [-0.25, -0.2) is 4.39 Å². The lowest BCUT2D eigenvalue weighted by Gasteiger charge is -2.26. The maximum Gasteiger partial charge on any atom is 0.247 e. The van der Waals surface area contributed by atoms with Crippen LogP contribution >= 0.6 is 0 Å². The van der Waals surface area contributed by atoms with Gasteiger partial charge in [0.1, 0.15) is 5.82 Å². The van der Waals surface area contributed by atoms with Crippen molar-refractivity contribution in [3.05, 3.63) is 72.2 Å². The van der Waals surface area contributed by atoms with Crippen molar-refractivity contribution in [3.63, 3.8) is 0 Å². The van der Waals surface area contributed by atoms with Gasteiger partial charge in [0.25, 0.3) is 0 Å². The minimum atomic E-state index is -0.340. The molecule has 0 radical (unpaired) electrons. The van der Waals surface area contributed by atoms with Crippen LogP contribution in [0.3, 0.4) is 0 Å². The van der Waals surface area contributed by atoms with Crippen LogP contribution in [0.15, 0.2) is 60.8 Å². The van der Waals surface area contributed by atoms with Crippen molar-refractivity contribution < 1.29 is 4.39 Å². The first-order valence-electron chi connectivity index (χ1n) is 8.15. The molecular weight excluding hydrogens is 317 g/mol. The van der Waals surface area contributed by atoms with Gasteiger partial charge in [-0.15, -0.1) is 5.10 Å². The molecule has 0 fully saturated rings. The van der Waals surface area contributed by atoms with E-state index < -0.39 is 0 Å². The van der Waals surface area contributed by atoms with E-state index in [1.807, 2.05) is 18.2 Å². The van der Waals surface area contributed by atoms with E-state index in [0.717, 1.165) is 5.56 Å². The third-order valence-electron chi connectivity index (χ3n) is 3.76. The highest BCUT2D eigenvalue weighted by molar-refractivity contribution is 5.56. The average molecular weight is 337 g/mol. The zero-order chi connectivity index (χ0) is 17.6. The van der Waals surface area contributed by atoms with Gasteiger partial charge in [-0.05, 0) is 31.5 Å². The summed E-state index contributed by atoms with van der Waals surface area (Å²) in [6.07, 6.45) is 1.48. The molecule has 0 spiro atoms. The minimum absolute atomic E-state index is 0.186. The van der Waals surface area contributed by atoms with Gasteiger partial charge in [-0.1, -0.05) is 42.5 Å². The van der Waals surface area contributed by atoms with Crippen molar-refractivity contribution in [2.45, 2.75) is 26.4 Å². The zero-order valence-corrected chi connectivity index (χ0v) is 14.2. The second-order valence-electron chi connectivity index (χ2n) is 5.95. The third-order valence-corrected chi connectivity index (χ3v) is 3.76. The fourth-order valence-electron chi connectivity index (χ4n) is 2.44. The second-order valence-corrected chi connectivity index (χ2v) is 5.95. The number of rotatable bonds is 6. The molecule has 1 aromatic heterocycles. The van der Waals surface area contributed by atoms with Crippen molar-refractivity contribution in [2.75, 3.05) is 10.2 Å². The molecule has 0 saturated heterocycles. The van der Waals surface area contributed by atoms with Crippen LogP contribution in [0.1, 0.15) is 19.4 Å². The van der Waals surface area contributed by atoms with Crippen LogP contribution in [-0.4, -0.2) is 21.2 Å². The summed E-state index contributed by atoms with van der Waals surface area (Å²) in [6, 6.07) is 16.8. The average Bonchev–Trinajstić information content (AvgIpc) is 2.62. The van der Waals surface area contributed by atoms with E-state index in [2.05, 4.69) is 51.4 Å². The topological polar surface area (TPSA) is 53.9 Å². The highest BCUT2D eigenvalue weighted by Crippen LogP contribution is 2.20. The molecule has 3 rings (SSSR count). The van der Waals surface area contributed by atoms with Gasteiger partial charge in [0.2, 0.25) is 5.95 Å². The molecule has 0 bridgehead atoms. The molecule has 1 heterocycles. The van der Waals surface area contributed by atoms with Gasteiger partial charge in [-0.2, -0.15) is 10.1 Å². The van der Waals surface area contributed by atoms with Crippen LogP contribution < -0.4 is 10.2 Å². The van der Waals surface area contributed by atoms with Crippen LogP contribution in [-0.2, 0) is 6.54 Å². The van der Waals surface area contributed by atoms with Gasteiger partial charge in [0.05, 0.1) is 11.9 Å². The van der Waals surface area contributed by atoms with Crippen LogP contribution in [0, 0.1) is 5.82 Å². The first-order chi connectivity index (χ1) is 12.1. The van der Waals surface area contributed by atoms with E-state index >= 15 is 0 Å². The van der Waals surface area contributed by atoms with Crippen LogP contribution in [0.25, 0.3) is 0 Å². The molecule has 0 aliphatic carbocycles. The quantitative estimate of drug-likeness (QED) is 0.732. The van der Waals surface area contributed by atoms with Gasteiger partial charge >= 0.3 is 0 Å². The molecule has 5 nitrogen and oxygen atoms in total. The largest absolute Gasteiger partial charge is 0.336 e. The molecule has 1 N–H and O–H groups in total. The molecule has 128 valence electrons. The third kappa shape index (κ3) is 4.29. The first kappa shape index (κ1) is 16.8. The molecule has 2 aromatic carbocycles. The fourth-order valence-corrected chi connectivity index (χ4v) is 2.44. The first-order valence-corrected chi connectivity index (χ1v) is 8.15. The molecule has 0 aliphatic rings. The minimum Gasteiger partial charge on any atom is -0.336 e. The number of anilines is 3. The number of para-hydroxylation sites is 1. The van der Waals surface area contributed by atoms with E-state index in [-0.39, 0.29) is 11.9 Å².